The van der Waals surface area contributed by atoms with E-state index in [1.54, 1.807) is 23.6 Å². The summed E-state index contributed by atoms with van der Waals surface area (Å²) in [4.78, 5) is 17.4. The molecule has 1 saturated carbocycles. The lowest BCUT2D eigenvalue weighted by atomic mass is 10.3. The van der Waals surface area contributed by atoms with Gasteiger partial charge in [0.15, 0.2) is 0 Å². The Morgan fingerprint density at radius 3 is 3.05 bits per heavy atom. The van der Waals surface area contributed by atoms with Gasteiger partial charge in [-0.05, 0) is 25.8 Å². The summed E-state index contributed by atoms with van der Waals surface area (Å²) >= 11 is 1.60. The van der Waals surface area contributed by atoms with E-state index in [1.807, 2.05) is 17.7 Å². The van der Waals surface area contributed by atoms with E-state index in [1.165, 1.54) is 0 Å². The first-order chi connectivity index (χ1) is 9.13. The second-order valence-corrected chi connectivity index (χ2v) is 6.14. The van der Waals surface area contributed by atoms with Crippen LogP contribution in [0.2, 0.25) is 0 Å². The van der Waals surface area contributed by atoms with Crippen molar-refractivity contribution in [1.29, 1.82) is 0 Å². The first kappa shape index (κ1) is 12.2. The summed E-state index contributed by atoms with van der Waals surface area (Å²) in [6.07, 6.45) is 5.91. The maximum absolute atomic E-state index is 12.2. The first-order valence-corrected chi connectivity index (χ1v) is 7.12. The molecule has 0 saturated heterocycles. The Morgan fingerprint density at radius 1 is 1.63 bits per heavy atom. The van der Waals surface area contributed by atoms with E-state index in [9.17, 15) is 4.79 Å². The molecule has 2 heterocycles. The van der Waals surface area contributed by atoms with Gasteiger partial charge in [0.2, 0.25) is 0 Å². The number of nitrogen functional groups attached to an aromatic ring is 1. The van der Waals surface area contributed by atoms with Crippen molar-refractivity contribution in [2.24, 2.45) is 0 Å². The van der Waals surface area contributed by atoms with Crippen LogP contribution in [0.1, 0.15) is 39.3 Å². The third kappa shape index (κ3) is 2.63. The third-order valence-electron chi connectivity index (χ3n) is 3.13. The van der Waals surface area contributed by atoms with Crippen molar-refractivity contribution >= 4 is 22.9 Å². The van der Waals surface area contributed by atoms with E-state index in [0.29, 0.717) is 24.0 Å². The van der Waals surface area contributed by atoms with Gasteiger partial charge in [0.05, 0.1) is 17.2 Å². The SMILES string of the molecule is Cc1ncc(CNC(=O)c2cc(N)cn2C2CC2)s1. The van der Waals surface area contributed by atoms with Crippen LogP contribution in [-0.4, -0.2) is 15.5 Å². The summed E-state index contributed by atoms with van der Waals surface area (Å²) in [7, 11) is 0. The number of aromatic nitrogens is 2. The number of amides is 1. The largest absolute Gasteiger partial charge is 0.397 e. The minimum atomic E-state index is -0.0744. The predicted octanol–water partition coefficient (Wildman–Crippen LogP) is 2.10. The van der Waals surface area contributed by atoms with Crippen LogP contribution in [0, 0.1) is 6.92 Å². The highest BCUT2D eigenvalue weighted by Crippen LogP contribution is 2.37. The highest BCUT2D eigenvalue weighted by molar-refractivity contribution is 7.11. The van der Waals surface area contributed by atoms with Crippen molar-refractivity contribution in [3.05, 3.63) is 34.0 Å². The van der Waals surface area contributed by atoms with Gasteiger partial charge in [-0.2, -0.15) is 0 Å². The quantitative estimate of drug-likeness (QED) is 0.898. The maximum atomic E-state index is 12.2. The number of aryl methyl sites for hydroxylation is 1. The lowest BCUT2D eigenvalue weighted by Gasteiger charge is -2.07. The second-order valence-electron chi connectivity index (χ2n) is 4.83. The van der Waals surface area contributed by atoms with Gasteiger partial charge < -0.3 is 15.6 Å². The fraction of sp³-hybridized carbons (Fsp3) is 0.385. The number of hydrogen-bond acceptors (Lipinski definition) is 4. The molecule has 5 nitrogen and oxygen atoms in total. The monoisotopic (exact) mass is 276 g/mol. The third-order valence-corrected chi connectivity index (χ3v) is 4.05. The topological polar surface area (TPSA) is 72.9 Å². The average Bonchev–Trinajstić information content (AvgIpc) is 3.03. The lowest BCUT2D eigenvalue weighted by molar-refractivity contribution is 0.0942. The van der Waals surface area contributed by atoms with Crippen molar-refractivity contribution in [2.45, 2.75) is 32.4 Å². The standard InChI is InChI=1S/C13H16N4OS/c1-8-15-5-11(19-8)6-16-13(18)12-4-9(14)7-17(12)10-2-3-10/h4-5,7,10H,2-3,6,14H2,1H3,(H,16,18). The molecule has 0 aliphatic heterocycles. The summed E-state index contributed by atoms with van der Waals surface area (Å²) in [5.41, 5.74) is 7.08. The van der Waals surface area contributed by atoms with Crippen LogP contribution >= 0.6 is 11.3 Å². The van der Waals surface area contributed by atoms with Gasteiger partial charge in [0, 0.05) is 23.3 Å². The number of hydrogen-bond donors (Lipinski definition) is 2. The molecule has 0 aromatic carbocycles. The van der Waals surface area contributed by atoms with E-state index in [0.717, 1.165) is 22.7 Å². The van der Waals surface area contributed by atoms with Crippen LogP contribution in [0.3, 0.4) is 0 Å². The number of nitrogens with one attached hydrogen (secondary N) is 1. The molecule has 3 rings (SSSR count). The number of anilines is 1. The molecule has 2 aromatic rings. The predicted molar refractivity (Wildman–Crippen MR) is 75.1 cm³/mol. The molecule has 100 valence electrons. The van der Waals surface area contributed by atoms with Gasteiger partial charge in [-0.25, -0.2) is 4.98 Å². The molecule has 19 heavy (non-hydrogen) atoms. The van der Waals surface area contributed by atoms with Gasteiger partial charge in [-0.1, -0.05) is 0 Å². The molecule has 0 unspecified atom stereocenters. The van der Waals surface area contributed by atoms with Gasteiger partial charge in [0.25, 0.3) is 5.91 Å². The number of nitrogens with zero attached hydrogens (tertiary/aromatic N) is 2. The van der Waals surface area contributed by atoms with E-state index in [2.05, 4.69) is 10.3 Å². The number of nitrogens with two attached hydrogens (primary N) is 1. The summed E-state index contributed by atoms with van der Waals surface area (Å²) in [6.45, 7) is 2.47. The van der Waals surface area contributed by atoms with Gasteiger partial charge >= 0.3 is 0 Å². The van der Waals surface area contributed by atoms with Crippen LogP contribution in [0.4, 0.5) is 5.69 Å². The maximum Gasteiger partial charge on any atom is 0.268 e. The number of carbonyl (C=O) groups is 1. The van der Waals surface area contributed by atoms with Gasteiger partial charge in [-0.3, -0.25) is 4.79 Å². The van der Waals surface area contributed by atoms with Crippen LogP contribution in [0.5, 0.6) is 0 Å². The molecular weight excluding hydrogens is 260 g/mol. The minimum Gasteiger partial charge on any atom is -0.397 e. The van der Waals surface area contributed by atoms with Crippen molar-refractivity contribution < 1.29 is 4.79 Å². The Morgan fingerprint density at radius 2 is 2.42 bits per heavy atom. The molecule has 0 radical (unpaired) electrons. The average molecular weight is 276 g/mol. The zero-order valence-electron chi connectivity index (χ0n) is 10.7. The fourth-order valence-electron chi connectivity index (χ4n) is 2.08. The molecule has 6 heteroatoms. The minimum absolute atomic E-state index is 0.0744. The summed E-state index contributed by atoms with van der Waals surface area (Å²) in [5, 5.41) is 3.93. The Labute approximate surface area is 115 Å². The first-order valence-electron chi connectivity index (χ1n) is 6.30. The summed E-state index contributed by atoms with van der Waals surface area (Å²) in [5.74, 6) is -0.0744. The number of carbonyl (C=O) groups excluding carboxylic acids is 1. The highest BCUT2D eigenvalue weighted by Gasteiger charge is 2.27. The van der Waals surface area contributed by atoms with E-state index >= 15 is 0 Å². The van der Waals surface area contributed by atoms with Crippen LogP contribution in [0.25, 0.3) is 0 Å². The van der Waals surface area contributed by atoms with Crippen molar-refractivity contribution in [3.8, 4) is 0 Å². The number of rotatable bonds is 4. The summed E-state index contributed by atoms with van der Waals surface area (Å²) in [6, 6.07) is 2.19. The Hall–Kier alpha value is -1.82. The van der Waals surface area contributed by atoms with Gasteiger partial charge in [-0.15, -0.1) is 11.3 Å². The lowest BCUT2D eigenvalue weighted by Crippen LogP contribution is -2.24. The number of thiazole rings is 1. The van der Waals surface area contributed by atoms with Crippen molar-refractivity contribution in [1.82, 2.24) is 14.9 Å². The molecular formula is C13H16N4OS. The molecule has 1 aliphatic rings. The van der Waals surface area contributed by atoms with Crippen LogP contribution in [-0.2, 0) is 6.54 Å². The molecule has 1 aliphatic carbocycles. The van der Waals surface area contributed by atoms with Gasteiger partial charge in [0.1, 0.15) is 5.69 Å². The molecule has 0 spiro atoms. The zero-order chi connectivity index (χ0) is 13.4. The molecule has 3 N–H and O–H groups in total. The van der Waals surface area contributed by atoms with Crippen LogP contribution in [0.15, 0.2) is 18.5 Å². The fourth-order valence-corrected chi connectivity index (χ4v) is 2.82. The molecule has 0 atom stereocenters. The summed E-state index contributed by atoms with van der Waals surface area (Å²) < 4.78 is 1.99. The molecule has 2 aromatic heterocycles. The highest BCUT2D eigenvalue weighted by atomic mass is 32.1. The zero-order valence-corrected chi connectivity index (χ0v) is 11.5. The van der Waals surface area contributed by atoms with Crippen LogP contribution < -0.4 is 11.1 Å². The molecule has 1 fully saturated rings. The normalized spacial score (nSPS) is 14.6. The van der Waals surface area contributed by atoms with E-state index in [4.69, 9.17) is 5.73 Å². The second kappa shape index (κ2) is 4.70. The van der Waals surface area contributed by atoms with E-state index in [-0.39, 0.29) is 5.91 Å². The van der Waals surface area contributed by atoms with Crippen molar-refractivity contribution in [3.63, 3.8) is 0 Å². The molecule has 1 amide bonds. The smallest absolute Gasteiger partial charge is 0.268 e. The Kier molecular flexibility index (Phi) is 3.02. The Bertz CT molecular complexity index is 612. The van der Waals surface area contributed by atoms with E-state index < -0.39 is 0 Å². The molecule has 0 bridgehead atoms. The van der Waals surface area contributed by atoms with Crippen molar-refractivity contribution in [2.75, 3.05) is 5.73 Å². The Balaban J connectivity index is 1.70.